The van der Waals surface area contributed by atoms with E-state index in [1.165, 1.54) is 11.3 Å². The normalized spacial score (nSPS) is 25.9. The topological polar surface area (TPSA) is 94.3 Å². The highest BCUT2D eigenvalue weighted by molar-refractivity contribution is 7.99. The summed E-state index contributed by atoms with van der Waals surface area (Å²) >= 11 is 1.57. The van der Waals surface area contributed by atoms with Crippen molar-refractivity contribution < 1.29 is 14.0 Å². The van der Waals surface area contributed by atoms with Crippen molar-refractivity contribution in [1.82, 2.24) is 25.0 Å². The van der Waals surface area contributed by atoms with Crippen molar-refractivity contribution in [1.29, 1.82) is 0 Å². The van der Waals surface area contributed by atoms with Crippen molar-refractivity contribution in [3.05, 3.63) is 24.3 Å². The van der Waals surface area contributed by atoms with E-state index in [-0.39, 0.29) is 11.9 Å². The minimum atomic E-state index is -0.487. The van der Waals surface area contributed by atoms with Crippen LogP contribution in [0, 0.1) is 5.92 Å². The summed E-state index contributed by atoms with van der Waals surface area (Å²) in [5.41, 5.74) is 1.65. The van der Waals surface area contributed by atoms with Gasteiger partial charge in [-0.3, -0.25) is 10.1 Å². The molecule has 3 atom stereocenters. The first-order valence-electron chi connectivity index (χ1n) is 11.2. The summed E-state index contributed by atoms with van der Waals surface area (Å²) in [5, 5.41) is 3.14. The Morgan fingerprint density at radius 3 is 2.94 bits per heavy atom. The van der Waals surface area contributed by atoms with Crippen molar-refractivity contribution in [2.24, 2.45) is 10.9 Å². The summed E-state index contributed by atoms with van der Waals surface area (Å²) < 4.78 is 5.80. The second kappa shape index (κ2) is 8.65. The molecule has 9 nitrogen and oxygen atoms in total. The number of amides is 3. The fourth-order valence-corrected chi connectivity index (χ4v) is 5.45. The number of piperidine rings is 1. The van der Waals surface area contributed by atoms with Crippen molar-refractivity contribution in [3.63, 3.8) is 0 Å². The fourth-order valence-electron chi connectivity index (χ4n) is 4.69. The molecule has 32 heavy (non-hydrogen) atoms. The van der Waals surface area contributed by atoms with Gasteiger partial charge in [0, 0.05) is 32.4 Å². The van der Waals surface area contributed by atoms with Crippen LogP contribution in [-0.4, -0.2) is 82.2 Å². The van der Waals surface area contributed by atoms with Gasteiger partial charge < -0.3 is 19.1 Å². The number of likely N-dealkylation sites (N-methyl/N-ethyl adjacent to an activating group) is 1. The van der Waals surface area contributed by atoms with Gasteiger partial charge in [-0.1, -0.05) is 30.8 Å². The number of hydrogen-bond donors (Lipinski definition) is 1. The number of rotatable bonds is 5. The number of imide groups is 1. The number of carbonyl (C=O) groups is 2. The quantitative estimate of drug-likeness (QED) is 0.546. The molecule has 2 fully saturated rings. The lowest BCUT2D eigenvalue weighted by Crippen LogP contribution is -2.64. The molecule has 170 valence electrons. The van der Waals surface area contributed by atoms with Gasteiger partial charge in [0.25, 0.3) is 11.1 Å². The Kier molecular flexibility index (Phi) is 5.71. The molecule has 1 aromatic carbocycles. The molecule has 3 aliphatic heterocycles. The molecule has 1 aromatic heterocycles. The van der Waals surface area contributed by atoms with E-state index in [9.17, 15) is 9.59 Å². The number of nitrogens with zero attached hydrogens (tertiary/aromatic N) is 5. The Labute approximate surface area is 191 Å². The fraction of sp³-hybridized carbons (Fsp3) is 0.545. The van der Waals surface area contributed by atoms with Crippen LogP contribution in [0.5, 0.6) is 0 Å². The van der Waals surface area contributed by atoms with E-state index in [4.69, 9.17) is 9.41 Å². The zero-order chi connectivity index (χ0) is 22.2. The van der Waals surface area contributed by atoms with Crippen LogP contribution in [0.15, 0.2) is 38.9 Å². The van der Waals surface area contributed by atoms with Gasteiger partial charge in [0.15, 0.2) is 23.8 Å². The number of fused-ring (bicyclic) bond motifs is 2. The summed E-state index contributed by atoms with van der Waals surface area (Å²) in [6.45, 7) is 4.77. The number of benzene rings is 1. The molecule has 0 radical (unpaired) electrons. The van der Waals surface area contributed by atoms with Crippen molar-refractivity contribution in [3.8, 4) is 0 Å². The van der Waals surface area contributed by atoms with Crippen molar-refractivity contribution in [2.75, 3.05) is 32.4 Å². The van der Waals surface area contributed by atoms with E-state index in [2.05, 4.69) is 27.0 Å². The second-order valence-electron chi connectivity index (χ2n) is 8.73. The largest absolute Gasteiger partial charge is 0.431 e. The number of aliphatic imine (C=N–C) groups is 1. The molecule has 0 saturated carbocycles. The molecular formula is C22H28N6O3S. The molecule has 5 rings (SSSR count). The average molecular weight is 457 g/mol. The molecule has 0 aliphatic carbocycles. The maximum atomic E-state index is 12.8. The molecule has 1 N–H and O–H groups in total. The predicted octanol–water partition coefficient (Wildman–Crippen LogP) is 2.59. The van der Waals surface area contributed by atoms with Gasteiger partial charge in [-0.05, 0) is 37.3 Å². The Morgan fingerprint density at radius 2 is 2.12 bits per heavy atom. The van der Waals surface area contributed by atoms with E-state index in [1.54, 1.807) is 18.8 Å². The molecule has 4 heterocycles. The summed E-state index contributed by atoms with van der Waals surface area (Å²) in [5.74, 6) is 1.96. The number of guanidine groups is 1. The smallest absolute Gasteiger partial charge is 0.325 e. The second-order valence-corrected chi connectivity index (χ2v) is 9.78. The third kappa shape index (κ3) is 3.92. The standard InChI is InChI=1S/C22H28N6O3S/c1-14-7-5-10-27(13-14)20-24-18-17(19(29)25-21(30)26(18)2)28(20)11-6-12-32-22-23-15-8-3-4-9-16(15)31-22/h3-4,8-9,14,17-18H,5-7,10-13H2,1-2H3,(H,25,29,30). The van der Waals surface area contributed by atoms with Crippen LogP contribution in [0.1, 0.15) is 26.2 Å². The number of oxazole rings is 1. The van der Waals surface area contributed by atoms with Gasteiger partial charge in [0.1, 0.15) is 5.52 Å². The van der Waals surface area contributed by atoms with Gasteiger partial charge in [-0.15, -0.1) is 0 Å². The Balaban J connectivity index is 1.28. The first kappa shape index (κ1) is 21.1. The lowest BCUT2D eigenvalue weighted by Gasteiger charge is -2.39. The molecule has 2 saturated heterocycles. The van der Waals surface area contributed by atoms with Gasteiger partial charge in [-0.25, -0.2) is 14.8 Å². The molecule has 3 unspecified atom stereocenters. The predicted molar refractivity (Wildman–Crippen MR) is 122 cm³/mol. The van der Waals surface area contributed by atoms with Gasteiger partial charge in [0.05, 0.1) is 0 Å². The van der Waals surface area contributed by atoms with E-state index in [0.29, 0.717) is 17.7 Å². The number of carbonyl (C=O) groups excluding carboxylic acids is 2. The third-order valence-corrected chi connectivity index (χ3v) is 7.24. The van der Waals surface area contributed by atoms with Crippen molar-refractivity contribution in [2.45, 2.75) is 43.6 Å². The van der Waals surface area contributed by atoms with Gasteiger partial charge in [0.2, 0.25) is 0 Å². The maximum Gasteiger partial charge on any atom is 0.325 e. The number of nitrogens with one attached hydrogen (secondary N) is 1. The van der Waals surface area contributed by atoms with Crippen LogP contribution in [0.4, 0.5) is 4.79 Å². The summed E-state index contributed by atoms with van der Waals surface area (Å²) in [7, 11) is 1.70. The highest BCUT2D eigenvalue weighted by Crippen LogP contribution is 2.29. The van der Waals surface area contributed by atoms with E-state index >= 15 is 0 Å². The lowest BCUT2D eigenvalue weighted by atomic mass is 10.0. The monoisotopic (exact) mass is 456 g/mol. The van der Waals surface area contributed by atoms with E-state index in [1.807, 2.05) is 24.3 Å². The summed E-state index contributed by atoms with van der Waals surface area (Å²) in [6.07, 6.45) is 2.67. The van der Waals surface area contributed by atoms with Crippen molar-refractivity contribution >= 4 is 40.8 Å². The van der Waals surface area contributed by atoms with Gasteiger partial charge in [-0.2, -0.15) is 0 Å². The number of urea groups is 1. The maximum absolute atomic E-state index is 12.8. The van der Waals surface area contributed by atoms with Crippen LogP contribution < -0.4 is 5.32 Å². The van der Waals surface area contributed by atoms with Crippen LogP contribution in [0.2, 0.25) is 0 Å². The molecular weight excluding hydrogens is 428 g/mol. The number of hydrogen-bond acceptors (Lipinski definition) is 8. The number of likely N-dealkylation sites (tertiary alicyclic amines) is 1. The van der Waals surface area contributed by atoms with Gasteiger partial charge >= 0.3 is 6.03 Å². The zero-order valence-electron chi connectivity index (χ0n) is 18.4. The highest BCUT2D eigenvalue weighted by Gasteiger charge is 2.49. The lowest BCUT2D eigenvalue weighted by molar-refractivity contribution is -0.127. The Hall–Kier alpha value is -2.75. The highest BCUT2D eigenvalue weighted by atomic mass is 32.2. The average Bonchev–Trinajstić information content (AvgIpc) is 3.37. The third-order valence-electron chi connectivity index (χ3n) is 6.32. The molecule has 3 aliphatic rings. The van der Waals surface area contributed by atoms with Crippen LogP contribution in [-0.2, 0) is 4.79 Å². The summed E-state index contributed by atoms with van der Waals surface area (Å²) in [4.78, 5) is 40.2. The number of thioether (sulfide) groups is 1. The zero-order valence-corrected chi connectivity index (χ0v) is 19.2. The SMILES string of the molecule is CC1CCCN(C2=NC3C(C(=O)NC(=O)N3C)N2CCCSc2nc3ccccc3o2)C1. The van der Waals surface area contributed by atoms with Crippen LogP contribution >= 0.6 is 11.8 Å². The molecule has 0 bridgehead atoms. The first-order chi connectivity index (χ1) is 15.5. The Bertz CT molecular complexity index is 1020. The number of aromatic nitrogens is 1. The first-order valence-corrected chi connectivity index (χ1v) is 12.2. The summed E-state index contributed by atoms with van der Waals surface area (Å²) in [6, 6.07) is 6.86. The minimum absolute atomic E-state index is 0.270. The molecule has 0 spiro atoms. The van der Waals surface area contributed by atoms with E-state index < -0.39 is 12.2 Å². The van der Waals surface area contributed by atoms with E-state index in [0.717, 1.165) is 48.7 Å². The molecule has 3 amide bonds. The molecule has 2 aromatic rings. The Morgan fingerprint density at radius 1 is 1.28 bits per heavy atom. The van der Waals surface area contributed by atoms with Crippen LogP contribution in [0.3, 0.4) is 0 Å². The number of para-hydroxylation sites is 2. The van der Waals surface area contributed by atoms with Crippen LogP contribution in [0.25, 0.3) is 11.1 Å². The molecule has 10 heteroatoms. The minimum Gasteiger partial charge on any atom is -0.431 e.